The van der Waals surface area contributed by atoms with Crippen LogP contribution in [0.15, 0.2) is 18.2 Å². The van der Waals surface area contributed by atoms with Crippen molar-refractivity contribution >= 4 is 29.3 Å². The van der Waals surface area contributed by atoms with Crippen LogP contribution in [0.1, 0.15) is 5.56 Å². The zero-order valence-corrected chi connectivity index (χ0v) is 11.3. The van der Waals surface area contributed by atoms with Crippen LogP contribution in [0.2, 0.25) is 5.02 Å². The van der Waals surface area contributed by atoms with Crippen molar-refractivity contribution in [1.82, 2.24) is 5.32 Å². The Bertz CT molecular complexity index is 556. The molecule has 0 saturated carbocycles. The highest BCUT2D eigenvalue weighted by atomic mass is 35.5. The summed E-state index contributed by atoms with van der Waals surface area (Å²) in [5.74, 6) is -1.18. The van der Waals surface area contributed by atoms with Gasteiger partial charge >= 0.3 is 12.0 Å². The van der Waals surface area contributed by atoms with Crippen LogP contribution in [0.5, 0.6) is 0 Å². The van der Waals surface area contributed by atoms with Gasteiger partial charge in [-0.1, -0.05) is 11.6 Å². The average Bonchev–Trinajstić information content (AvgIpc) is 2.41. The summed E-state index contributed by atoms with van der Waals surface area (Å²) in [5.41, 5.74) is 0.679. The summed E-state index contributed by atoms with van der Waals surface area (Å²) in [7, 11) is 1.23. The molecule has 0 radical (unpaired) electrons. The van der Waals surface area contributed by atoms with Crippen molar-refractivity contribution in [3.8, 4) is 6.07 Å². The molecule has 7 nitrogen and oxygen atoms in total. The molecule has 1 aromatic carbocycles. The Morgan fingerprint density at radius 3 is 2.75 bits per heavy atom. The van der Waals surface area contributed by atoms with Gasteiger partial charge in [0.05, 0.1) is 28.9 Å². The van der Waals surface area contributed by atoms with Crippen molar-refractivity contribution in [2.45, 2.75) is 6.10 Å². The lowest BCUT2D eigenvalue weighted by Crippen LogP contribution is -2.39. The molecule has 0 aliphatic carbocycles. The van der Waals surface area contributed by atoms with Crippen LogP contribution >= 0.6 is 11.6 Å². The van der Waals surface area contributed by atoms with E-state index in [0.717, 1.165) is 0 Å². The van der Waals surface area contributed by atoms with Crippen LogP contribution < -0.4 is 10.6 Å². The number of nitrogens with zero attached hydrogens (tertiary/aromatic N) is 1. The molecule has 0 bridgehead atoms. The monoisotopic (exact) mass is 297 g/mol. The van der Waals surface area contributed by atoms with E-state index in [4.69, 9.17) is 22.0 Å². The molecule has 1 atom stereocenters. The van der Waals surface area contributed by atoms with Crippen molar-refractivity contribution in [2.24, 2.45) is 0 Å². The first-order valence-corrected chi connectivity index (χ1v) is 5.85. The molecule has 2 amide bonds. The number of nitrogens with one attached hydrogen (secondary N) is 2. The minimum Gasteiger partial charge on any atom is -0.479 e. The number of halogens is 1. The summed E-state index contributed by atoms with van der Waals surface area (Å²) in [6.07, 6.45) is -1.13. The molecule has 0 spiro atoms. The largest absolute Gasteiger partial charge is 0.479 e. The van der Waals surface area contributed by atoms with E-state index in [9.17, 15) is 9.59 Å². The number of aliphatic carboxylic acids is 1. The zero-order chi connectivity index (χ0) is 15.1. The van der Waals surface area contributed by atoms with Crippen molar-refractivity contribution < 1.29 is 19.4 Å². The van der Waals surface area contributed by atoms with Gasteiger partial charge in [0.2, 0.25) is 0 Å². The SMILES string of the molecule is COC(CNC(=O)Nc1ccc(C#N)cc1Cl)C(=O)O. The zero-order valence-electron chi connectivity index (χ0n) is 10.5. The molecular formula is C12H12ClN3O4. The maximum atomic E-state index is 11.6. The van der Waals surface area contributed by atoms with Crippen LogP contribution in [0.25, 0.3) is 0 Å². The van der Waals surface area contributed by atoms with Crippen LogP contribution in [0.4, 0.5) is 10.5 Å². The number of carbonyl (C=O) groups excluding carboxylic acids is 1. The van der Waals surface area contributed by atoms with Crippen molar-refractivity contribution in [3.63, 3.8) is 0 Å². The predicted octanol–water partition coefficient (Wildman–Crippen LogP) is 1.43. The van der Waals surface area contributed by atoms with Gasteiger partial charge in [0.25, 0.3) is 0 Å². The minimum atomic E-state index is -1.18. The number of nitriles is 1. The molecule has 1 rings (SSSR count). The number of carbonyl (C=O) groups is 2. The Morgan fingerprint density at radius 2 is 2.25 bits per heavy atom. The van der Waals surface area contributed by atoms with Crippen LogP contribution in [0.3, 0.4) is 0 Å². The summed E-state index contributed by atoms with van der Waals surface area (Å²) in [5, 5.41) is 22.4. The molecule has 3 N–H and O–H groups in total. The first kappa shape index (κ1) is 15.8. The van der Waals surface area contributed by atoms with Crippen molar-refractivity contribution in [3.05, 3.63) is 28.8 Å². The Kier molecular flexibility index (Phi) is 5.77. The molecule has 106 valence electrons. The van der Waals surface area contributed by atoms with E-state index in [1.54, 1.807) is 0 Å². The first-order chi connectivity index (χ1) is 9.47. The summed E-state index contributed by atoms with van der Waals surface area (Å²) in [6.45, 7) is -0.189. The van der Waals surface area contributed by atoms with E-state index in [-0.39, 0.29) is 11.6 Å². The standard InChI is InChI=1S/C12H12ClN3O4/c1-20-10(11(17)18)6-15-12(19)16-9-3-2-7(5-14)4-8(9)13/h2-4,10H,6H2,1H3,(H,17,18)(H2,15,16,19). The summed E-state index contributed by atoms with van der Waals surface area (Å²) in [6, 6.07) is 5.67. The van der Waals surface area contributed by atoms with Gasteiger partial charge in [-0.05, 0) is 18.2 Å². The lowest BCUT2D eigenvalue weighted by atomic mass is 10.2. The first-order valence-electron chi connectivity index (χ1n) is 5.48. The lowest BCUT2D eigenvalue weighted by molar-refractivity contribution is -0.147. The van der Waals surface area contributed by atoms with Gasteiger partial charge in [-0.15, -0.1) is 0 Å². The van der Waals surface area contributed by atoms with E-state index in [2.05, 4.69) is 15.4 Å². The molecule has 8 heteroatoms. The minimum absolute atomic E-state index is 0.189. The van der Waals surface area contributed by atoms with Gasteiger partial charge in [-0.2, -0.15) is 5.26 Å². The maximum Gasteiger partial charge on any atom is 0.334 e. The summed E-state index contributed by atoms with van der Waals surface area (Å²) in [4.78, 5) is 22.2. The molecule has 20 heavy (non-hydrogen) atoms. The summed E-state index contributed by atoms with van der Waals surface area (Å²) < 4.78 is 4.66. The van der Waals surface area contributed by atoms with E-state index < -0.39 is 18.1 Å². The number of methoxy groups -OCH3 is 1. The topological polar surface area (TPSA) is 111 Å². The highest BCUT2D eigenvalue weighted by Gasteiger charge is 2.17. The fraction of sp³-hybridized carbons (Fsp3) is 0.250. The third kappa shape index (κ3) is 4.42. The third-order valence-electron chi connectivity index (χ3n) is 2.35. The number of hydrogen-bond acceptors (Lipinski definition) is 4. The van der Waals surface area contributed by atoms with Gasteiger partial charge in [0, 0.05) is 7.11 Å². The number of carboxylic acids is 1. The van der Waals surface area contributed by atoms with Crippen LogP contribution in [0, 0.1) is 11.3 Å². The van der Waals surface area contributed by atoms with E-state index in [1.807, 2.05) is 6.07 Å². The third-order valence-corrected chi connectivity index (χ3v) is 2.67. The average molecular weight is 298 g/mol. The number of carboxylic acid groups (broad SMARTS) is 1. The van der Waals surface area contributed by atoms with E-state index >= 15 is 0 Å². The second kappa shape index (κ2) is 7.33. The Balaban J connectivity index is 2.59. The predicted molar refractivity (Wildman–Crippen MR) is 71.6 cm³/mol. The smallest absolute Gasteiger partial charge is 0.334 e. The Morgan fingerprint density at radius 1 is 1.55 bits per heavy atom. The molecule has 1 aromatic rings. The number of urea groups is 1. The van der Waals surface area contributed by atoms with E-state index in [0.29, 0.717) is 11.3 Å². The number of benzene rings is 1. The molecular weight excluding hydrogens is 286 g/mol. The number of amides is 2. The molecule has 0 aromatic heterocycles. The molecule has 0 fully saturated rings. The second-order valence-corrected chi connectivity index (χ2v) is 4.11. The second-order valence-electron chi connectivity index (χ2n) is 3.70. The van der Waals surface area contributed by atoms with Crippen molar-refractivity contribution in [1.29, 1.82) is 5.26 Å². The van der Waals surface area contributed by atoms with Crippen LogP contribution in [-0.4, -0.2) is 36.9 Å². The molecule has 0 aliphatic heterocycles. The van der Waals surface area contributed by atoms with Gasteiger partial charge in [-0.25, -0.2) is 9.59 Å². The number of ether oxygens (including phenoxy) is 1. The van der Waals surface area contributed by atoms with Crippen LogP contribution in [-0.2, 0) is 9.53 Å². The number of hydrogen-bond donors (Lipinski definition) is 3. The molecule has 0 heterocycles. The highest BCUT2D eigenvalue weighted by molar-refractivity contribution is 6.33. The number of anilines is 1. The van der Waals surface area contributed by atoms with Gasteiger partial charge < -0.3 is 20.5 Å². The van der Waals surface area contributed by atoms with Gasteiger partial charge in [-0.3, -0.25) is 0 Å². The highest BCUT2D eigenvalue weighted by Crippen LogP contribution is 2.22. The summed E-state index contributed by atoms with van der Waals surface area (Å²) >= 11 is 5.88. The fourth-order valence-electron chi connectivity index (χ4n) is 1.31. The number of rotatable bonds is 5. The quantitative estimate of drug-likeness (QED) is 0.761. The molecule has 1 unspecified atom stereocenters. The maximum absolute atomic E-state index is 11.6. The lowest BCUT2D eigenvalue weighted by Gasteiger charge is -2.13. The Labute approximate surface area is 120 Å². The van der Waals surface area contributed by atoms with Gasteiger partial charge in [0.1, 0.15) is 0 Å². The molecule has 0 saturated heterocycles. The van der Waals surface area contributed by atoms with Crippen molar-refractivity contribution in [2.75, 3.05) is 19.0 Å². The molecule has 0 aliphatic rings. The fourth-order valence-corrected chi connectivity index (χ4v) is 1.54. The Hall–Kier alpha value is -2.30. The van der Waals surface area contributed by atoms with Gasteiger partial charge in [0.15, 0.2) is 6.10 Å². The van der Waals surface area contributed by atoms with E-state index in [1.165, 1.54) is 25.3 Å². The normalized spacial score (nSPS) is 11.2.